The molecule has 0 radical (unpaired) electrons. The van der Waals surface area contributed by atoms with Crippen molar-refractivity contribution in [1.29, 1.82) is 0 Å². The van der Waals surface area contributed by atoms with E-state index < -0.39 is 10.0 Å². The number of benzene rings is 1. The maximum Gasteiger partial charge on any atom is 0.243 e. The van der Waals surface area contributed by atoms with Crippen LogP contribution in [-0.2, 0) is 22.9 Å². The fourth-order valence-corrected chi connectivity index (χ4v) is 3.99. The quantitative estimate of drug-likeness (QED) is 0.592. The van der Waals surface area contributed by atoms with E-state index >= 15 is 0 Å². The summed E-state index contributed by atoms with van der Waals surface area (Å²) in [4.78, 5) is 0.376. The second-order valence-electron chi connectivity index (χ2n) is 5.40. The van der Waals surface area contributed by atoms with Crippen LogP contribution in [0.2, 0.25) is 0 Å². The summed E-state index contributed by atoms with van der Waals surface area (Å²) in [5.41, 5.74) is 8.32. The van der Waals surface area contributed by atoms with Crippen LogP contribution in [0.25, 0.3) is 0 Å². The Hall–Kier alpha value is -1.07. The molecule has 5 heteroatoms. The van der Waals surface area contributed by atoms with E-state index in [1.165, 1.54) is 4.31 Å². The summed E-state index contributed by atoms with van der Waals surface area (Å²) in [7, 11) is -1.81. The summed E-state index contributed by atoms with van der Waals surface area (Å²) in [5.74, 6) is 0. The van der Waals surface area contributed by atoms with Crippen molar-refractivity contribution in [1.82, 2.24) is 4.31 Å². The van der Waals surface area contributed by atoms with Gasteiger partial charge in [-0.3, -0.25) is 0 Å². The number of sulfonamides is 1. The summed E-state index contributed by atoms with van der Waals surface area (Å²) in [5, 5.41) is 0. The summed E-state index contributed by atoms with van der Waals surface area (Å²) in [6.45, 7) is 6.60. The minimum atomic E-state index is -3.46. The van der Waals surface area contributed by atoms with Gasteiger partial charge >= 0.3 is 0 Å². The highest BCUT2D eigenvalue weighted by Crippen LogP contribution is 2.27. The normalized spacial score (nSPS) is 12.0. The summed E-state index contributed by atoms with van der Waals surface area (Å²) < 4.78 is 27.0. The van der Waals surface area contributed by atoms with Gasteiger partial charge in [-0.2, -0.15) is 0 Å². The molecule has 1 aromatic rings. The minimum Gasteiger partial charge on any atom is -0.398 e. The van der Waals surface area contributed by atoms with E-state index in [2.05, 4.69) is 6.92 Å². The minimum absolute atomic E-state index is 0.376. The smallest absolute Gasteiger partial charge is 0.243 e. The zero-order valence-corrected chi connectivity index (χ0v) is 14.5. The van der Waals surface area contributed by atoms with Gasteiger partial charge in [0, 0.05) is 19.3 Å². The van der Waals surface area contributed by atoms with Gasteiger partial charge in [-0.25, -0.2) is 12.7 Å². The molecule has 0 saturated carbocycles. The molecule has 0 aliphatic heterocycles. The molecular weight excluding hydrogens is 284 g/mol. The molecule has 0 unspecified atom stereocenters. The molecule has 4 nitrogen and oxygen atoms in total. The summed E-state index contributed by atoms with van der Waals surface area (Å²) >= 11 is 0. The first kappa shape index (κ1) is 18.0. The molecule has 0 saturated heterocycles. The Morgan fingerprint density at radius 1 is 1.10 bits per heavy atom. The first-order chi connectivity index (χ1) is 9.88. The van der Waals surface area contributed by atoms with Gasteiger partial charge < -0.3 is 5.73 Å². The highest BCUT2D eigenvalue weighted by atomic mass is 32.2. The molecule has 0 bridgehead atoms. The first-order valence-electron chi connectivity index (χ1n) is 7.76. The van der Waals surface area contributed by atoms with Crippen molar-refractivity contribution in [2.45, 2.75) is 57.8 Å². The van der Waals surface area contributed by atoms with Crippen molar-refractivity contribution in [3.63, 3.8) is 0 Å². The maximum atomic E-state index is 12.8. The number of rotatable bonds is 8. The summed E-state index contributed by atoms with van der Waals surface area (Å²) in [6.07, 6.45) is 4.39. The number of unbranched alkanes of at least 4 members (excludes halogenated alkanes) is 2. The second-order valence-corrected chi connectivity index (χ2v) is 7.42. The standard InChI is InChI=1S/C16H28N2O2S/c1-5-8-9-10-18(4)21(19,20)16-12-13(6-2)11-15(17)14(16)7-3/h11-12H,5-10,17H2,1-4H3. The van der Waals surface area contributed by atoms with Crippen molar-refractivity contribution in [2.24, 2.45) is 0 Å². The maximum absolute atomic E-state index is 12.8. The van der Waals surface area contributed by atoms with Crippen molar-refractivity contribution in [3.05, 3.63) is 23.3 Å². The van der Waals surface area contributed by atoms with Crippen LogP contribution in [0.4, 0.5) is 5.69 Å². The monoisotopic (exact) mass is 312 g/mol. The van der Waals surface area contributed by atoms with Crippen LogP contribution >= 0.6 is 0 Å². The van der Waals surface area contributed by atoms with Gasteiger partial charge in [-0.15, -0.1) is 0 Å². The number of hydrogen-bond acceptors (Lipinski definition) is 3. The Balaban J connectivity index is 3.20. The van der Waals surface area contributed by atoms with Crippen LogP contribution < -0.4 is 5.73 Å². The highest BCUT2D eigenvalue weighted by Gasteiger charge is 2.24. The van der Waals surface area contributed by atoms with Crippen LogP contribution in [0.1, 0.15) is 51.2 Å². The Bertz CT molecular complexity index is 568. The Kier molecular flexibility index (Phi) is 6.68. The predicted octanol–water partition coefficient (Wildman–Crippen LogP) is 3.20. The van der Waals surface area contributed by atoms with Crippen molar-refractivity contribution >= 4 is 15.7 Å². The predicted molar refractivity (Wildman–Crippen MR) is 89.0 cm³/mol. The molecule has 120 valence electrons. The lowest BCUT2D eigenvalue weighted by atomic mass is 10.1. The molecule has 0 atom stereocenters. The van der Waals surface area contributed by atoms with Crippen LogP contribution in [0.3, 0.4) is 0 Å². The van der Waals surface area contributed by atoms with Crippen molar-refractivity contribution in [3.8, 4) is 0 Å². The molecule has 1 aromatic carbocycles. The molecular formula is C16H28N2O2S. The van der Waals surface area contributed by atoms with Gasteiger partial charge in [0.1, 0.15) is 0 Å². The van der Waals surface area contributed by atoms with E-state index in [1.54, 1.807) is 13.1 Å². The zero-order chi connectivity index (χ0) is 16.0. The Morgan fingerprint density at radius 2 is 1.76 bits per heavy atom. The van der Waals surface area contributed by atoms with E-state index in [1.807, 2.05) is 19.9 Å². The largest absolute Gasteiger partial charge is 0.398 e. The van der Waals surface area contributed by atoms with Gasteiger partial charge in [0.25, 0.3) is 0 Å². The molecule has 0 aromatic heterocycles. The van der Waals surface area contributed by atoms with Crippen LogP contribution in [-0.4, -0.2) is 26.3 Å². The van der Waals surface area contributed by atoms with Crippen molar-refractivity contribution in [2.75, 3.05) is 19.3 Å². The molecule has 1 rings (SSSR count). The second kappa shape index (κ2) is 7.80. The van der Waals surface area contributed by atoms with E-state index in [0.717, 1.165) is 36.8 Å². The van der Waals surface area contributed by atoms with Gasteiger partial charge in [-0.05, 0) is 42.5 Å². The fourth-order valence-electron chi connectivity index (χ4n) is 2.41. The third-order valence-electron chi connectivity index (χ3n) is 3.83. The van der Waals surface area contributed by atoms with Gasteiger partial charge in [0.2, 0.25) is 10.0 Å². The molecule has 0 aliphatic rings. The lowest BCUT2D eigenvalue weighted by Gasteiger charge is -2.20. The fraction of sp³-hybridized carbons (Fsp3) is 0.625. The molecule has 0 heterocycles. The van der Waals surface area contributed by atoms with Crippen LogP contribution in [0, 0.1) is 0 Å². The number of aryl methyl sites for hydroxylation is 1. The van der Waals surface area contributed by atoms with Crippen LogP contribution in [0.5, 0.6) is 0 Å². The third kappa shape index (κ3) is 4.20. The molecule has 0 fully saturated rings. The number of anilines is 1. The first-order valence-corrected chi connectivity index (χ1v) is 9.20. The van der Waals surface area contributed by atoms with Gasteiger partial charge in [0.05, 0.1) is 4.90 Å². The van der Waals surface area contributed by atoms with Crippen molar-refractivity contribution < 1.29 is 8.42 Å². The van der Waals surface area contributed by atoms with E-state index in [0.29, 0.717) is 23.5 Å². The SMILES string of the molecule is CCCCCN(C)S(=O)(=O)c1cc(CC)cc(N)c1CC. The van der Waals surface area contributed by atoms with Gasteiger partial charge in [-0.1, -0.05) is 33.6 Å². The molecule has 2 N–H and O–H groups in total. The number of nitrogens with two attached hydrogens (primary N) is 1. The third-order valence-corrected chi connectivity index (χ3v) is 5.75. The van der Waals surface area contributed by atoms with E-state index in [-0.39, 0.29) is 0 Å². The average molecular weight is 312 g/mol. The van der Waals surface area contributed by atoms with E-state index in [9.17, 15) is 8.42 Å². The summed E-state index contributed by atoms with van der Waals surface area (Å²) in [6, 6.07) is 3.66. The zero-order valence-electron chi connectivity index (χ0n) is 13.6. The topological polar surface area (TPSA) is 63.4 Å². The van der Waals surface area contributed by atoms with Gasteiger partial charge in [0.15, 0.2) is 0 Å². The number of nitrogens with zero attached hydrogens (tertiary/aromatic N) is 1. The Morgan fingerprint density at radius 3 is 2.29 bits per heavy atom. The lowest BCUT2D eigenvalue weighted by molar-refractivity contribution is 0.453. The highest BCUT2D eigenvalue weighted by molar-refractivity contribution is 7.89. The molecule has 21 heavy (non-hydrogen) atoms. The number of hydrogen-bond donors (Lipinski definition) is 1. The molecule has 0 aliphatic carbocycles. The number of nitrogen functional groups attached to an aromatic ring is 1. The average Bonchev–Trinajstić information content (AvgIpc) is 2.46. The van der Waals surface area contributed by atoms with Crippen LogP contribution in [0.15, 0.2) is 17.0 Å². The lowest BCUT2D eigenvalue weighted by Crippen LogP contribution is -2.29. The molecule has 0 amide bonds. The molecule has 0 spiro atoms. The van der Waals surface area contributed by atoms with E-state index in [4.69, 9.17) is 5.73 Å². The Labute approximate surface area is 129 Å².